The summed E-state index contributed by atoms with van der Waals surface area (Å²) >= 11 is 12.1. The van der Waals surface area contributed by atoms with Gasteiger partial charge in [0.25, 0.3) is 0 Å². The molecule has 0 fully saturated rings. The number of sulfonamides is 1. The number of aryl methyl sites for hydroxylation is 1. The van der Waals surface area contributed by atoms with Gasteiger partial charge < -0.3 is 11.1 Å². The van der Waals surface area contributed by atoms with E-state index >= 15 is 0 Å². The van der Waals surface area contributed by atoms with Crippen LogP contribution >= 0.6 is 47.2 Å². The highest BCUT2D eigenvalue weighted by Gasteiger charge is 2.13. The Balaban J connectivity index is 0.00000392. The minimum atomic E-state index is -3.56. The Labute approximate surface area is 193 Å². The summed E-state index contributed by atoms with van der Waals surface area (Å²) in [5.74, 6) is 0.197. The van der Waals surface area contributed by atoms with Crippen LogP contribution in [0.1, 0.15) is 24.1 Å². The fourth-order valence-electron chi connectivity index (χ4n) is 2.36. The molecule has 4 N–H and O–H groups in total. The monoisotopic (exact) mass is 556 g/mol. The van der Waals surface area contributed by atoms with Crippen molar-refractivity contribution in [3.8, 4) is 0 Å². The quantitative estimate of drug-likeness (QED) is 0.209. The van der Waals surface area contributed by atoms with Crippen molar-refractivity contribution in [2.75, 3.05) is 13.1 Å². The van der Waals surface area contributed by atoms with Gasteiger partial charge in [0.05, 0.1) is 17.5 Å². The second kappa shape index (κ2) is 11.2. The summed E-state index contributed by atoms with van der Waals surface area (Å²) in [6.07, 6.45) is 0. The molecule has 10 heteroatoms. The van der Waals surface area contributed by atoms with E-state index in [1.807, 2.05) is 19.9 Å². The molecule has 2 aromatic rings. The molecule has 2 aromatic carbocycles. The molecule has 2 rings (SSSR count). The number of nitrogens with one attached hydrogen (secondary N) is 2. The Morgan fingerprint density at radius 3 is 2.43 bits per heavy atom. The fraction of sp³-hybridized carbons (Fsp3) is 0.278. The maximum absolute atomic E-state index is 12.2. The first-order valence-corrected chi connectivity index (χ1v) is 10.5. The zero-order valence-electron chi connectivity index (χ0n) is 15.4. The van der Waals surface area contributed by atoms with Gasteiger partial charge in [-0.05, 0) is 43.7 Å². The first kappa shape index (κ1) is 25.0. The van der Waals surface area contributed by atoms with Gasteiger partial charge in [-0.2, -0.15) is 0 Å². The summed E-state index contributed by atoms with van der Waals surface area (Å²) in [6.45, 7) is 4.11. The summed E-state index contributed by atoms with van der Waals surface area (Å²) in [5.41, 5.74) is 7.69. The lowest BCUT2D eigenvalue weighted by Gasteiger charge is -2.16. The Morgan fingerprint density at radius 1 is 1.18 bits per heavy atom. The molecule has 0 radical (unpaired) electrons. The van der Waals surface area contributed by atoms with Gasteiger partial charge in [0, 0.05) is 16.6 Å². The molecule has 0 bridgehead atoms. The summed E-state index contributed by atoms with van der Waals surface area (Å²) in [7, 11) is -3.56. The molecule has 1 unspecified atom stereocenters. The second-order valence-electron chi connectivity index (χ2n) is 6.01. The Morgan fingerprint density at radius 2 is 1.82 bits per heavy atom. The molecular formula is C18H23Cl2IN4O2S. The molecule has 6 nitrogen and oxygen atoms in total. The van der Waals surface area contributed by atoms with Gasteiger partial charge in [-0.1, -0.05) is 47.0 Å². The van der Waals surface area contributed by atoms with E-state index in [0.29, 0.717) is 10.0 Å². The highest BCUT2D eigenvalue weighted by molar-refractivity contribution is 14.0. The third-order valence-electron chi connectivity index (χ3n) is 3.81. The highest BCUT2D eigenvalue weighted by atomic mass is 127. The van der Waals surface area contributed by atoms with Crippen LogP contribution < -0.4 is 15.8 Å². The lowest BCUT2D eigenvalue weighted by molar-refractivity contribution is 0.582. The van der Waals surface area contributed by atoms with Crippen molar-refractivity contribution in [2.45, 2.75) is 24.8 Å². The predicted molar refractivity (Wildman–Crippen MR) is 126 cm³/mol. The Bertz CT molecular complexity index is 922. The van der Waals surface area contributed by atoms with E-state index in [1.165, 1.54) is 0 Å². The van der Waals surface area contributed by atoms with E-state index < -0.39 is 10.0 Å². The topological polar surface area (TPSA) is 96.6 Å². The molecule has 0 saturated heterocycles. The van der Waals surface area contributed by atoms with Crippen LogP contribution in [-0.2, 0) is 10.0 Å². The number of guanidine groups is 1. The molecule has 0 heterocycles. The third kappa shape index (κ3) is 7.40. The molecular weight excluding hydrogens is 534 g/mol. The minimum Gasteiger partial charge on any atom is -0.370 e. The summed E-state index contributed by atoms with van der Waals surface area (Å²) in [6, 6.07) is 11.7. The predicted octanol–water partition coefficient (Wildman–Crippen LogP) is 3.86. The van der Waals surface area contributed by atoms with Gasteiger partial charge in [-0.25, -0.2) is 13.1 Å². The van der Waals surface area contributed by atoms with E-state index in [9.17, 15) is 8.42 Å². The maximum atomic E-state index is 12.2. The van der Waals surface area contributed by atoms with Crippen LogP contribution in [0, 0.1) is 6.92 Å². The largest absolute Gasteiger partial charge is 0.370 e. The second-order valence-corrected chi connectivity index (χ2v) is 8.62. The number of aliphatic imine (C=N–C) groups is 1. The van der Waals surface area contributed by atoms with Gasteiger partial charge in [-0.3, -0.25) is 4.99 Å². The molecule has 0 aliphatic heterocycles. The zero-order valence-corrected chi connectivity index (χ0v) is 20.1. The summed E-state index contributed by atoms with van der Waals surface area (Å²) in [4.78, 5) is 4.35. The van der Waals surface area contributed by atoms with Crippen LogP contribution in [0.5, 0.6) is 0 Å². The SMILES string of the molecule is Cc1ccc(S(=O)(=O)NCCN=C(N)NC(C)c2ccc(Cl)cc2Cl)cc1.I. The number of rotatable bonds is 7. The molecule has 1 atom stereocenters. The molecule has 0 aliphatic carbocycles. The summed E-state index contributed by atoms with van der Waals surface area (Å²) < 4.78 is 26.9. The lowest BCUT2D eigenvalue weighted by atomic mass is 10.1. The number of benzene rings is 2. The van der Waals surface area contributed by atoms with Gasteiger partial charge in [0.1, 0.15) is 0 Å². The lowest BCUT2D eigenvalue weighted by Crippen LogP contribution is -2.35. The first-order chi connectivity index (χ1) is 12.7. The number of nitrogens with two attached hydrogens (primary N) is 1. The number of halogens is 3. The van der Waals surface area contributed by atoms with E-state index in [2.05, 4.69) is 15.0 Å². The fourth-order valence-corrected chi connectivity index (χ4v) is 3.95. The van der Waals surface area contributed by atoms with Gasteiger partial charge in [0.15, 0.2) is 5.96 Å². The highest BCUT2D eigenvalue weighted by Crippen LogP contribution is 2.25. The van der Waals surface area contributed by atoms with Gasteiger partial charge >= 0.3 is 0 Å². The van der Waals surface area contributed by atoms with Crippen LogP contribution in [0.15, 0.2) is 52.4 Å². The number of nitrogens with zero attached hydrogens (tertiary/aromatic N) is 1. The Hall–Kier alpha value is -1.07. The molecule has 0 saturated carbocycles. The molecule has 0 spiro atoms. The maximum Gasteiger partial charge on any atom is 0.240 e. The number of hydrogen-bond acceptors (Lipinski definition) is 3. The van der Waals surface area contributed by atoms with Crippen molar-refractivity contribution in [2.24, 2.45) is 10.7 Å². The van der Waals surface area contributed by atoms with Crippen molar-refractivity contribution in [1.82, 2.24) is 10.0 Å². The summed E-state index contributed by atoms with van der Waals surface area (Å²) in [5, 5.41) is 4.10. The standard InChI is InChI=1S/C18H22Cl2N4O2S.HI/c1-12-3-6-15(7-4-12)27(25,26)23-10-9-22-18(21)24-13(2)16-8-5-14(19)11-17(16)20;/h3-8,11,13,23H,9-10H2,1-2H3,(H3,21,22,24);1H. The zero-order chi connectivity index (χ0) is 20.0. The van der Waals surface area contributed by atoms with Crippen molar-refractivity contribution in [1.29, 1.82) is 0 Å². The van der Waals surface area contributed by atoms with Crippen molar-refractivity contribution in [3.05, 3.63) is 63.6 Å². The molecule has 0 aliphatic rings. The number of hydrogen-bond donors (Lipinski definition) is 3. The third-order valence-corrected chi connectivity index (χ3v) is 5.85. The van der Waals surface area contributed by atoms with Crippen molar-refractivity contribution < 1.29 is 8.42 Å². The van der Waals surface area contributed by atoms with Crippen LogP contribution in [0.25, 0.3) is 0 Å². The van der Waals surface area contributed by atoms with Crippen LogP contribution in [-0.4, -0.2) is 27.5 Å². The van der Waals surface area contributed by atoms with E-state index in [0.717, 1.165) is 11.1 Å². The van der Waals surface area contributed by atoms with E-state index in [1.54, 1.807) is 36.4 Å². The van der Waals surface area contributed by atoms with E-state index in [4.69, 9.17) is 28.9 Å². The smallest absolute Gasteiger partial charge is 0.240 e. The Kier molecular flexibility index (Phi) is 9.99. The van der Waals surface area contributed by atoms with Crippen LogP contribution in [0.2, 0.25) is 10.0 Å². The first-order valence-electron chi connectivity index (χ1n) is 8.27. The minimum absolute atomic E-state index is 0. The van der Waals surface area contributed by atoms with Gasteiger partial charge in [0.2, 0.25) is 10.0 Å². The molecule has 0 amide bonds. The molecule has 154 valence electrons. The van der Waals surface area contributed by atoms with Crippen molar-refractivity contribution >= 4 is 63.2 Å². The normalized spacial score (nSPS) is 12.9. The molecule has 0 aromatic heterocycles. The van der Waals surface area contributed by atoms with Crippen molar-refractivity contribution in [3.63, 3.8) is 0 Å². The van der Waals surface area contributed by atoms with Crippen LogP contribution in [0.3, 0.4) is 0 Å². The average molecular weight is 557 g/mol. The van der Waals surface area contributed by atoms with Gasteiger partial charge in [-0.15, -0.1) is 24.0 Å². The van der Waals surface area contributed by atoms with Crippen LogP contribution in [0.4, 0.5) is 0 Å². The molecule has 28 heavy (non-hydrogen) atoms. The van der Waals surface area contributed by atoms with E-state index in [-0.39, 0.29) is 54.0 Å². The average Bonchev–Trinajstić information content (AvgIpc) is 2.59.